The molecule has 0 aliphatic heterocycles. The van der Waals surface area contributed by atoms with Crippen LogP contribution in [0.15, 0.2) is 34.1 Å². The minimum Gasteiger partial charge on any atom is -0.327 e. The van der Waals surface area contributed by atoms with Crippen LogP contribution in [0.3, 0.4) is 0 Å². The first kappa shape index (κ1) is 13.8. The van der Waals surface area contributed by atoms with Crippen LogP contribution in [0, 0.1) is 13.8 Å². The third-order valence-electron chi connectivity index (χ3n) is 3.13. The highest BCUT2D eigenvalue weighted by Crippen LogP contribution is 2.24. The molecule has 1 aromatic carbocycles. The van der Waals surface area contributed by atoms with E-state index in [0.29, 0.717) is 0 Å². The number of rotatable bonds is 4. The van der Waals surface area contributed by atoms with Gasteiger partial charge >= 0.3 is 0 Å². The molecule has 18 heavy (non-hydrogen) atoms. The molecule has 96 valence electrons. The average Bonchev–Trinajstić information content (AvgIpc) is 2.70. The van der Waals surface area contributed by atoms with Crippen molar-refractivity contribution >= 4 is 27.3 Å². The van der Waals surface area contributed by atoms with E-state index in [-0.39, 0.29) is 6.04 Å². The van der Waals surface area contributed by atoms with E-state index in [0.717, 1.165) is 12.8 Å². The van der Waals surface area contributed by atoms with Gasteiger partial charge in [-0.05, 0) is 65.2 Å². The van der Waals surface area contributed by atoms with Crippen molar-refractivity contribution in [1.29, 1.82) is 0 Å². The molecule has 1 unspecified atom stereocenters. The van der Waals surface area contributed by atoms with Crippen LogP contribution in [0.5, 0.6) is 0 Å². The maximum Gasteiger partial charge on any atom is 0.0314 e. The van der Waals surface area contributed by atoms with Crippen molar-refractivity contribution in [1.82, 2.24) is 0 Å². The summed E-state index contributed by atoms with van der Waals surface area (Å²) in [6.45, 7) is 4.28. The minimum absolute atomic E-state index is 0.181. The number of hydrogen-bond acceptors (Lipinski definition) is 2. The summed E-state index contributed by atoms with van der Waals surface area (Å²) in [5, 5.41) is 2.10. The average molecular weight is 324 g/mol. The van der Waals surface area contributed by atoms with Crippen molar-refractivity contribution in [3.05, 3.63) is 55.7 Å². The van der Waals surface area contributed by atoms with Crippen LogP contribution in [0.25, 0.3) is 0 Å². The van der Waals surface area contributed by atoms with E-state index in [2.05, 4.69) is 59.4 Å². The van der Waals surface area contributed by atoms with Crippen LogP contribution in [0.2, 0.25) is 0 Å². The van der Waals surface area contributed by atoms with Gasteiger partial charge in [-0.25, -0.2) is 0 Å². The third-order valence-corrected chi connectivity index (χ3v) is 5.07. The first-order valence-electron chi connectivity index (χ1n) is 6.10. The fraction of sp³-hybridized carbons (Fsp3) is 0.333. The fourth-order valence-corrected chi connectivity index (χ4v) is 3.69. The number of aryl methyl sites for hydroxylation is 2. The summed E-state index contributed by atoms with van der Waals surface area (Å²) in [5.41, 5.74) is 10.3. The Balaban J connectivity index is 2.05. The number of benzene rings is 1. The van der Waals surface area contributed by atoms with Crippen LogP contribution in [0.1, 0.15) is 21.6 Å². The number of thiophene rings is 1. The van der Waals surface area contributed by atoms with E-state index in [1.807, 2.05) is 0 Å². The van der Waals surface area contributed by atoms with Crippen LogP contribution >= 0.6 is 27.3 Å². The zero-order valence-electron chi connectivity index (χ0n) is 10.7. The third kappa shape index (κ3) is 3.44. The molecule has 0 saturated carbocycles. The lowest BCUT2D eigenvalue weighted by atomic mass is 9.97. The molecule has 2 aromatic rings. The van der Waals surface area contributed by atoms with Gasteiger partial charge in [0, 0.05) is 15.4 Å². The lowest BCUT2D eigenvalue weighted by Crippen LogP contribution is -2.25. The Kier molecular flexibility index (Phi) is 4.60. The largest absolute Gasteiger partial charge is 0.327 e. The highest BCUT2D eigenvalue weighted by atomic mass is 79.9. The number of nitrogens with two attached hydrogens (primary N) is 1. The van der Waals surface area contributed by atoms with Gasteiger partial charge in [0.15, 0.2) is 0 Å². The molecule has 0 amide bonds. The quantitative estimate of drug-likeness (QED) is 0.894. The van der Waals surface area contributed by atoms with Crippen molar-refractivity contribution in [2.24, 2.45) is 5.73 Å². The monoisotopic (exact) mass is 323 g/mol. The highest BCUT2D eigenvalue weighted by Gasteiger charge is 2.10. The first-order chi connectivity index (χ1) is 8.56. The van der Waals surface area contributed by atoms with Crippen molar-refractivity contribution in [3.8, 4) is 0 Å². The smallest absolute Gasteiger partial charge is 0.0314 e. The second-order valence-corrected chi connectivity index (χ2v) is 6.64. The van der Waals surface area contributed by atoms with Crippen molar-refractivity contribution in [2.75, 3.05) is 0 Å². The molecule has 0 aliphatic carbocycles. The van der Waals surface area contributed by atoms with Gasteiger partial charge in [0.1, 0.15) is 0 Å². The minimum atomic E-state index is 0.181. The molecule has 0 bridgehead atoms. The molecule has 0 saturated heterocycles. The van der Waals surface area contributed by atoms with Gasteiger partial charge in [0.05, 0.1) is 0 Å². The highest BCUT2D eigenvalue weighted by molar-refractivity contribution is 9.10. The summed E-state index contributed by atoms with van der Waals surface area (Å²) in [4.78, 5) is 1.34. The predicted molar refractivity (Wildman–Crippen MR) is 83.3 cm³/mol. The van der Waals surface area contributed by atoms with Crippen molar-refractivity contribution < 1.29 is 0 Å². The van der Waals surface area contributed by atoms with Crippen LogP contribution < -0.4 is 5.73 Å². The summed E-state index contributed by atoms with van der Waals surface area (Å²) in [5.74, 6) is 0. The summed E-state index contributed by atoms with van der Waals surface area (Å²) in [6.07, 6.45) is 1.88. The van der Waals surface area contributed by atoms with Gasteiger partial charge in [-0.2, -0.15) is 0 Å². The summed E-state index contributed by atoms with van der Waals surface area (Å²) in [7, 11) is 0. The maximum absolute atomic E-state index is 6.27. The second kappa shape index (κ2) is 6.00. The van der Waals surface area contributed by atoms with E-state index in [4.69, 9.17) is 5.73 Å². The van der Waals surface area contributed by atoms with E-state index >= 15 is 0 Å². The van der Waals surface area contributed by atoms with Gasteiger partial charge < -0.3 is 5.73 Å². The molecule has 1 heterocycles. The Morgan fingerprint density at radius 1 is 1.22 bits per heavy atom. The number of halogens is 1. The molecule has 3 heteroatoms. The fourth-order valence-electron chi connectivity index (χ4n) is 2.08. The molecule has 1 atom stereocenters. The summed E-state index contributed by atoms with van der Waals surface area (Å²) >= 11 is 5.33. The van der Waals surface area contributed by atoms with Gasteiger partial charge in [0.2, 0.25) is 0 Å². The standard InChI is InChI=1S/C15H18BrNS/c1-10-3-4-11(2)12(7-10)8-13(17)9-15-14(16)5-6-18-15/h3-7,13H,8-9,17H2,1-2H3. The molecule has 0 aliphatic rings. The Morgan fingerprint density at radius 2 is 2.00 bits per heavy atom. The Morgan fingerprint density at radius 3 is 2.67 bits per heavy atom. The van der Waals surface area contributed by atoms with Gasteiger partial charge in [-0.1, -0.05) is 23.8 Å². The topological polar surface area (TPSA) is 26.0 Å². The summed E-state index contributed by atoms with van der Waals surface area (Å²) in [6, 6.07) is 8.85. The van der Waals surface area contributed by atoms with Crippen LogP contribution in [-0.4, -0.2) is 6.04 Å². The van der Waals surface area contributed by atoms with Crippen molar-refractivity contribution in [3.63, 3.8) is 0 Å². The predicted octanol–water partition coefficient (Wildman–Crippen LogP) is 4.24. The molecular formula is C15H18BrNS. The molecule has 2 rings (SSSR count). The van der Waals surface area contributed by atoms with Crippen molar-refractivity contribution in [2.45, 2.75) is 32.7 Å². The van der Waals surface area contributed by atoms with Crippen LogP contribution in [0.4, 0.5) is 0 Å². The van der Waals surface area contributed by atoms with Crippen LogP contribution in [-0.2, 0) is 12.8 Å². The van der Waals surface area contributed by atoms with E-state index in [1.165, 1.54) is 26.0 Å². The zero-order valence-corrected chi connectivity index (χ0v) is 13.1. The Labute approximate surface area is 121 Å². The first-order valence-corrected chi connectivity index (χ1v) is 7.77. The summed E-state index contributed by atoms with van der Waals surface area (Å²) < 4.78 is 1.18. The van der Waals surface area contributed by atoms with Gasteiger partial charge in [-0.15, -0.1) is 11.3 Å². The molecule has 0 fully saturated rings. The molecule has 2 N–H and O–H groups in total. The number of hydrogen-bond donors (Lipinski definition) is 1. The van der Waals surface area contributed by atoms with Gasteiger partial charge in [-0.3, -0.25) is 0 Å². The molecule has 0 radical (unpaired) electrons. The van der Waals surface area contributed by atoms with E-state index in [9.17, 15) is 0 Å². The Hall–Kier alpha value is -0.640. The molecule has 0 spiro atoms. The second-order valence-electron chi connectivity index (χ2n) is 4.79. The van der Waals surface area contributed by atoms with E-state index < -0.39 is 0 Å². The normalized spacial score (nSPS) is 12.7. The molecule has 1 aromatic heterocycles. The van der Waals surface area contributed by atoms with Gasteiger partial charge in [0.25, 0.3) is 0 Å². The zero-order chi connectivity index (χ0) is 13.1. The van der Waals surface area contributed by atoms with E-state index in [1.54, 1.807) is 11.3 Å². The SMILES string of the molecule is Cc1ccc(C)c(CC(N)Cc2sccc2Br)c1. The molecule has 1 nitrogen and oxygen atoms in total. The lowest BCUT2D eigenvalue weighted by molar-refractivity contribution is 0.667. The molecular weight excluding hydrogens is 306 g/mol. The lowest BCUT2D eigenvalue weighted by Gasteiger charge is -2.13. The Bertz CT molecular complexity index is 533. The maximum atomic E-state index is 6.27.